The van der Waals surface area contributed by atoms with Crippen molar-refractivity contribution in [2.24, 2.45) is 0 Å². The third kappa shape index (κ3) is 2.76. The zero-order valence-corrected chi connectivity index (χ0v) is 13.7. The zero-order valence-electron chi connectivity index (χ0n) is 13.7. The normalized spacial score (nSPS) is 10.6. The van der Waals surface area contributed by atoms with Gasteiger partial charge in [-0.05, 0) is 43.3 Å². The molecular weight excluding hydrogens is 306 g/mol. The van der Waals surface area contributed by atoms with Gasteiger partial charge in [0.25, 0.3) is 0 Å². The molecule has 1 N–H and O–H groups in total. The number of carbonyl (C=O) groups is 1. The van der Waals surface area contributed by atoms with E-state index in [1.807, 2.05) is 31.2 Å². The lowest BCUT2D eigenvalue weighted by molar-refractivity contribution is 0.0699. The molecule has 0 aliphatic carbocycles. The number of aromatic carboxylic acids is 1. The number of ether oxygens (including phenoxy) is 2. The summed E-state index contributed by atoms with van der Waals surface area (Å²) in [7, 11) is 3.12. The number of hydrogen-bond donors (Lipinski definition) is 1. The molecule has 0 atom stereocenters. The van der Waals surface area contributed by atoms with E-state index in [0.29, 0.717) is 28.1 Å². The summed E-state index contributed by atoms with van der Waals surface area (Å²) < 4.78 is 10.5. The second-order valence-corrected chi connectivity index (χ2v) is 5.45. The Kier molecular flexibility index (Phi) is 4.08. The molecule has 0 aliphatic rings. The fraction of sp³-hybridized carbons (Fsp3) is 0.158. The van der Waals surface area contributed by atoms with E-state index < -0.39 is 5.97 Å². The Labute approximate surface area is 139 Å². The lowest BCUT2D eigenvalue weighted by Crippen LogP contribution is -2.01. The summed E-state index contributed by atoms with van der Waals surface area (Å²) in [5.41, 5.74) is 3.20. The van der Waals surface area contributed by atoms with Crippen LogP contribution >= 0.6 is 0 Å². The number of aromatic nitrogens is 1. The van der Waals surface area contributed by atoms with E-state index in [4.69, 9.17) is 9.47 Å². The summed E-state index contributed by atoms with van der Waals surface area (Å²) >= 11 is 0. The number of rotatable bonds is 4. The molecule has 1 aromatic heterocycles. The van der Waals surface area contributed by atoms with Crippen LogP contribution in [0.25, 0.3) is 22.2 Å². The molecule has 5 nitrogen and oxygen atoms in total. The first-order valence-corrected chi connectivity index (χ1v) is 7.40. The van der Waals surface area contributed by atoms with E-state index in [1.54, 1.807) is 32.4 Å². The Morgan fingerprint density at radius 1 is 1.00 bits per heavy atom. The summed E-state index contributed by atoms with van der Waals surface area (Å²) in [5.74, 6) is 0.198. The smallest absolute Gasteiger partial charge is 0.336 e. The number of hydrogen-bond acceptors (Lipinski definition) is 4. The van der Waals surface area contributed by atoms with E-state index in [1.165, 1.54) is 0 Å². The minimum absolute atomic E-state index is 0.230. The zero-order chi connectivity index (χ0) is 17.3. The number of benzene rings is 2. The molecule has 0 unspecified atom stereocenters. The van der Waals surface area contributed by atoms with Gasteiger partial charge >= 0.3 is 5.97 Å². The number of carboxylic acid groups (broad SMARTS) is 1. The Bertz CT molecular complexity index is 934. The predicted molar refractivity (Wildman–Crippen MR) is 92.0 cm³/mol. The van der Waals surface area contributed by atoms with Gasteiger partial charge in [0, 0.05) is 10.9 Å². The molecule has 5 heteroatoms. The van der Waals surface area contributed by atoms with Gasteiger partial charge in [0.1, 0.15) is 0 Å². The van der Waals surface area contributed by atoms with Crippen molar-refractivity contribution in [1.29, 1.82) is 0 Å². The maximum atomic E-state index is 11.7. The summed E-state index contributed by atoms with van der Waals surface area (Å²) in [4.78, 5) is 16.3. The van der Waals surface area contributed by atoms with Crippen LogP contribution < -0.4 is 9.47 Å². The topological polar surface area (TPSA) is 68.7 Å². The van der Waals surface area contributed by atoms with Gasteiger partial charge in [0.2, 0.25) is 0 Å². The first-order chi connectivity index (χ1) is 11.5. The van der Waals surface area contributed by atoms with Gasteiger partial charge in [0.05, 0.1) is 31.0 Å². The highest BCUT2D eigenvalue weighted by molar-refractivity contribution is 6.04. The Hall–Kier alpha value is -3.08. The average Bonchev–Trinajstić information content (AvgIpc) is 2.60. The fourth-order valence-corrected chi connectivity index (χ4v) is 2.66. The van der Waals surface area contributed by atoms with E-state index >= 15 is 0 Å². The highest BCUT2D eigenvalue weighted by Gasteiger charge is 2.14. The van der Waals surface area contributed by atoms with Crippen molar-refractivity contribution in [3.05, 3.63) is 53.6 Å². The number of aryl methyl sites for hydroxylation is 1. The number of carboxylic acids is 1. The van der Waals surface area contributed by atoms with Crippen LogP contribution in [0.15, 0.2) is 42.5 Å². The van der Waals surface area contributed by atoms with Gasteiger partial charge in [-0.25, -0.2) is 9.78 Å². The third-order valence-electron chi connectivity index (χ3n) is 3.87. The van der Waals surface area contributed by atoms with Crippen molar-refractivity contribution < 1.29 is 19.4 Å². The lowest BCUT2D eigenvalue weighted by Gasteiger charge is -2.11. The third-order valence-corrected chi connectivity index (χ3v) is 3.87. The van der Waals surface area contributed by atoms with E-state index in [9.17, 15) is 9.90 Å². The average molecular weight is 323 g/mol. The van der Waals surface area contributed by atoms with Crippen molar-refractivity contribution >= 4 is 16.9 Å². The maximum absolute atomic E-state index is 11.7. The van der Waals surface area contributed by atoms with Gasteiger partial charge in [-0.3, -0.25) is 0 Å². The second kappa shape index (κ2) is 6.20. The van der Waals surface area contributed by atoms with Crippen LogP contribution in [0.4, 0.5) is 0 Å². The standard InChI is InChI=1S/C19H17NO4/c1-11-4-6-15-13(8-11)14(19(21)22)10-16(20-15)12-5-7-17(23-2)18(9-12)24-3/h4-10H,1-3H3,(H,21,22). The predicted octanol–water partition coefficient (Wildman–Crippen LogP) is 3.93. The van der Waals surface area contributed by atoms with Gasteiger partial charge < -0.3 is 14.6 Å². The molecule has 0 saturated carbocycles. The molecule has 0 fully saturated rings. The Morgan fingerprint density at radius 3 is 2.42 bits per heavy atom. The summed E-state index contributed by atoms with van der Waals surface area (Å²) in [5, 5.41) is 10.2. The van der Waals surface area contributed by atoms with Crippen LogP contribution in [0, 0.1) is 6.92 Å². The van der Waals surface area contributed by atoms with Crippen LogP contribution in [0.2, 0.25) is 0 Å². The van der Waals surface area contributed by atoms with Crippen molar-refractivity contribution in [2.75, 3.05) is 14.2 Å². The molecule has 1 heterocycles. The van der Waals surface area contributed by atoms with E-state index in [-0.39, 0.29) is 5.56 Å². The van der Waals surface area contributed by atoms with Crippen LogP contribution in [0.1, 0.15) is 15.9 Å². The second-order valence-electron chi connectivity index (χ2n) is 5.45. The summed E-state index contributed by atoms with van der Waals surface area (Å²) in [6, 6.07) is 12.6. The molecular formula is C19H17NO4. The fourth-order valence-electron chi connectivity index (χ4n) is 2.66. The number of methoxy groups -OCH3 is 2. The van der Waals surface area contributed by atoms with Gasteiger partial charge in [-0.1, -0.05) is 11.6 Å². The van der Waals surface area contributed by atoms with Crippen molar-refractivity contribution in [3.63, 3.8) is 0 Å². The van der Waals surface area contributed by atoms with Crippen LogP contribution in [-0.2, 0) is 0 Å². The number of fused-ring (bicyclic) bond motifs is 1. The van der Waals surface area contributed by atoms with Crippen LogP contribution in [0.3, 0.4) is 0 Å². The molecule has 3 aromatic rings. The lowest BCUT2D eigenvalue weighted by atomic mass is 10.0. The van der Waals surface area contributed by atoms with Crippen molar-refractivity contribution in [1.82, 2.24) is 4.98 Å². The quantitative estimate of drug-likeness (QED) is 0.788. The maximum Gasteiger partial charge on any atom is 0.336 e. The van der Waals surface area contributed by atoms with Crippen LogP contribution in [-0.4, -0.2) is 30.3 Å². The molecule has 0 aliphatic heterocycles. The first kappa shape index (κ1) is 15.8. The van der Waals surface area contributed by atoms with Crippen molar-refractivity contribution in [2.45, 2.75) is 6.92 Å². The first-order valence-electron chi connectivity index (χ1n) is 7.40. The van der Waals surface area contributed by atoms with E-state index in [2.05, 4.69) is 4.98 Å². The minimum Gasteiger partial charge on any atom is -0.493 e. The van der Waals surface area contributed by atoms with Gasteiger partial charge in [0.15, 0.2) is 11.5 Å². The molecule has 0 spiro atoms. The largest absolute Gasteiger partial charge is 0.493 e. The molecule has 0 saturated heterocycles. The van der Waals surface area contributed by atoms with Gasteiger partial charge in [-0.15, -0.1) is 0 Å². The molecule has 24 heavy (non-hydrogen) atoms. The van der Waals surface area contributed by atoms with Gasteiger partial charge in [-0.2, -0.15) is 0 Å². The molecule has 0 radical (unpaired) electrons. The highest BCUT2D eigenvalue weighted by atomic mass is 16.5. The molecule has 0 amide bonds. The molecule has 0 bridgehead atoms. The molecule has 122 valence electrons. The van der Waals surface area contributed by atoms with E-state index in [0.717, 1.165) is 11.1 Å². The summed E-state index contributed by atoms with van der Waals surface area (Å²) in [6.07, 6.45) is 0. The SMILES string of the molecule is COc1ccc(-c2cc(C(=O)O)c3cc(C)ccc3n2)cc1OC. The monoisotopic (exact) mass is 323 g/mol. The molecule has 3 rings (SSSR count). The molecule has 2 aromatic carbocycles. The van der Waals surface area contributed by atoms with Crippen LogP contribution in [0.5, 0.6) is 11.5 Å². The Balaban J connectivity index is 2.23. The van der Waals surface area contributed by atoms with Crippen molar-refractivity contribution in [3.8, 4) is 22.8 Å². The number of nitrogens with zero attached hydrogens (tertiary/aromatic N) is 1. The number of pyridine rings is 1. The minimum atomic E-state index is -0.977. The Morgan fingerprint density at radius 2 is 1.75 bits per heavy atom. The highest BCUT2D eigenvalue weighted by Crippen LogP contribution is 2.33. The summed E-state index contributed by atoms with van der Waals surface area (Å²) in [6.45, 7) is 1.92.